The minimum Gasteiger partial charge on any atom is -0.349 e. The van der Waals surface area contributed by atoms with E-state index >= 15 is 0 Å². The highest BCUT2D eigenvalue weighted by Gasteiger charge is 2.39. The molecule has 0 spiro atoms. The molecule has 0 radical (unpaired) electrons. The van der Waals surface area contributed by atoms with Crippen LogP contribution in [0.1, 0.15) is 28.3 Å². The highest BCUT2D eigenvalue weighted by molar-refractivity contribution is 9.10. The Morgan fingerprint density at radius 2 is 1.75 bits per heavy atom. The number of amides is 1. The molecule has 0 saturated heterocycles. The van der Waals surface area contributed by atoms with Gasteiger partial charge in [-0.15, -0.1) is 0 Å². The zero-order valence-electron chi connectivity index (χ0n) is 12.9. The number of carbonyl (C=O) groups excluding carboxylic acids is 1. The van der Waals surface area contributed by atoms with Crippen LogP contribution in [0.4, 0.5) is 0 Å². The largest absolute Gasteiger partial charge is 0.349 e. The van der Waals surface area contributed by atoms with E-state index < -0.39 is 0 Å². The van der Waals surface area contributed by atoms with Gasteiger partial charge in [-0.25, -0.2) is 4.68 Å². The predicted molar refractivity (Wildman–Crippen MR) is 96.3 cm³/mol. The Morgan fingerprint density at radius 1 is 1.08 bits per heavy atom. The van der Waals surface area contributed by atoms with Gasteiger partial charge >= 0.3 is 0 Å². The van der Waals surface area contributed by atoms with Crippen molar-refractivity contribution in [3.63, 3.8) is 0 Å². The van der Waals surface area contributed by atoms with Crippen molar-refractivity contribution in [2.45, 2.75) is 18.4 Å². The van der Waals surface area contributed by atoms with Crippen LogP contribution < -0.4 is 5.32 Å². The van der Waals surface area contributed by atoms with Gasteiger partial charge in [0.15, 0.2) is 0 Å². The molecule has 4 nitrogen and oxygen atoms in total. The molecule has 1 saturated carbocycles. The monoisotopic (exact) mass is 381 g/mol. The number of halogens is 1. The molecule has 0 bridgehead atoms. The quantitative estimate of drug-likeness (QED) is 0.744. The first-order valence-electron chi connectivity index (χ1n) is 7.89. The summed E-state index contributed by atoms with van der Waals surface area (Å²) in [5, 5.41) is 7.42. The van der Waals surface area contributed by atoms with E-state index in [9.17, 15) is 4.79 Å². The molecule has 1 N–H and O–H groups in total. The number of para-hydroxylation sites is 1. The minimum absolute atomic E-state index is 0.0903. The van der Waals surface area contributed by atoms with E-state index in [1.54, 1.807) is 10.9 Å². The van der Waals surface area contributed by atoms with Crippen molar-refractivity contribution in [3.8, 4) is 5.69 Å². The van der Waals surface area contributed by atoms with Crippen molar-refractivity contribution < 1.29 is 4.79 Å². The van der Waals surface area contributed by atoms with Crippen LogP contribution in [-0.4, -0.2) is 21.7 Å². The normalized spacial score (nSPS) is 19.0. The average molecular weight is 382 g/mol. The van der Waals surface area contributed by atoms with E-state index in [1.807, 2.05) is 48.5 Å². The number of hydrogen-bond donors (Lipinski definition) is 1. The zero-order valence-corrected chi connectivity index (χ0v) is 14.5. The van der Waals surface area contributed by atoms with Crippen LogP contribution in [0.3, 0.4) is 0 Å². The van der Waals surface area contributed by atoms with Crippen molar-refractivity contribution in [3.05, 3.63) is 82.6 Å². The predicted octanol–water partition coefficient (Wildman–Crippen LogP) is 3.92. The van der Waals surface area contributed by atoms with Crippen LogP contribution in [-0.2, 0) is 0 Å². The van der Waals surface area contributed by atoms with E-state index in [2.05, 4.69) is 38.5 Å². The Balaban J connectivity index is 1.48. The number of carbonyl (C=O) groups is 1. The lowest BCUT2D eigenvalue weighted by Crippen LogP contribution is -2.26. The molecule has 120 valence electrons. The van der Waals surface area contributed by atoms with Gasteiger partial charge in [0.1, 0.15) is 4.60 Å². The summed E-state index contributed by atoms with van der Waals surface area (Å²) in [7, 11) is 0. The highest BCUT2D eigenvalue weighted by atomic mass is 79.9. The summed E-state index contributed by atoms with van der Waals surface area (Å²) < 4.78 is 2.39. The zero-order chi connectivity index (χ0) is 16.5. The maximum absolute atomic E-state index is 12.5. The molecule has 1 aromatic heterocycles. The summed E-state index contributed by atoms with van der Waals surface area (Å²) in [4.78, 5) is 12.5. The number of aromatic nitrogens is 2. The molecule has 4 rings (SSSR count). The van der Waals surface area contributed by atoms with Gasteiger partial charge < -0.3 is 5.32 Å². The molecule has 1 aliphatic carbocycles. The van der Waals surface area contributed by atoms with E-state index in [0.717, 1.165) is 12.1 Å². The number of hydrogen-bond acceptors (Lipinski definition) is 2. The number of rotatable bonds is 4. The maximum Gasteiger partial charge on any atom is 0.255 e. The summed E-state index contributed by atoms with van der Waals surface area (Å²) in [5.41, 5.74) is 2.75. The van der Waals surface area contributed by atoms with Gasteiger partial charge in [0.05, 0.1) is 17.4 Å². The molecule has 3 aromatic rings. The highest BCUT2D eigenvalue weighted by Crippen LogP contribution is 2.40. The van der Waals surface area contributed by atoms with Gasteiger partial charge in [-0.3, -0.25) is 4.79 Å². The Morgan fingerprint density at radius 3 is 2.46 bits per heavy atom. The fourth-order valence-electron chi connectivity index (χ4n) is 2.90. The lowest BCUT2D eigenvalue weighted by Gasteiger charge is -2.05. The summed E-state index contributed by atoms with van der Waals surface area (Å²) in [6.07, 6.45) is 2.59. The molecule has 1 fully saturated rings. The molecular formula is C19H16BrN3O. The molecular weight excluding hydrogens is 366 g/mol. The topological polar surface area (TPSA) is 46.9 Å². The summed E-state index contributed by atoms with van der Waals surface area (Å²) in [5.74, 6) is 0.325. The Bertz CT molecular complexity index is 861. The fraction of sp³-hybridized carbons (Fsp3) is 0.158. The van der Waals surface area contributed by atoms with Crippen molar-refractivity contribution in [2.24, 2.45) is 0 Å². The van der Waals surface area contributed by atoms with Crippen LogP contribution in [0.2, 0.25) is 0 Å². The van der Waals surface area contributed by atoms with E-state index in [4.69, 9.17) is 0 Å². The number of benzene rings is 2. The smallest absolute Gasteiger partial charge is 0.255 e. The van der Waals surface area contributed by atoms with Crippen molar-refractivity contribution in [1.29, 1.82) is 0 Å². The van der Waals surface area contributed by atoms with Gasteiger partial charge in [-0.2, -0.15) is 5.10 Å². The van der Waals surface area contributed by atoms with Crippen molar-refractivity contribution in [1.82, 2.24) is 15.1 Å². The molecule has 2 aromatic carbocycles. The van der Waals surface area contributed by atoms with Gasteiger partial charge in [0.25, 0.3) is 5.91 Å². The molecule has 1 amide bonds. The van der Waals surface area contributed by atoms with Gasteiger partial charge in [-0.1, -0.05) is 48.5 Å². The summed E-state index contributed by atoms with van der Waals surface area (Å²) in [6, 6.07) is 20.2. The molecule has 1 heterocycles. The van der Waals surface area contributed by atoms with Gasteiger partial charge in [-0.05, 0) is 40.0 Å². The molecule has 24 heavy (non-hydrogen) atoms. The van der Waals surface area contributed by atoms with Gasteiger partial charge in [0.2, 0.25) is 0 Å². The Kier molecular flexibility index (Phi) is 3.94. The minimum atomic E-state index is -0.0903. The Labute approximate surface area is 148 Å². The van der Waals surface area contributed by atoms with Gasteiger partial charge in [0, 0.05) is 12.0 Å². The van der Waals surface area contributed by atoms with E-state index in [-0.39, 0.29) is 11.9 Å². The SMILES string of the molecule is O=C(NC1CC1c1ccccc1)c1cnn(-c2ccccc2)c1Br. The third kappa shape index (κ3) is 2.87. The number of nitrogens with one attached hydrogen (secondary N) is 1. The van der Waals surface area contributed by atoms with Crippen molar-refractivity contribution >= 4 is 21.8 Å². The molecule has 2 unspecified atom stereocenters. The molecule has 2 atom stereocenters. The second-order valence-electron chi connectivity index (χ2n) is 5.93. The maximum atomic E-state index is 12.5. The second kappa shape index (κ2) is 6.24. The average Bonchev–Trinajstić information content (AvgIpc) is 3.28. The lowest BCUT2D eigenvalue weighted by atomic mass is 10.1. The molecule has 0 aliphatic heterocycles. The van der Waals surface area contributed by atoms with Crippen LogP contribution in [0.15, 0.2) is 71.5 Å². The second-order valence-corrected chi connectivity index (χ2v) is 6.68. The standard InChI is InChI=1S/C19H16BrN3O/c20-18-16(12-21-23(18)14-9-5-2-6-10-14)19(24)22-17-11-15(17)13-7-3-1-4-8-13/h1-10,12,15,17H,11H2,(H,22,24). The van der Waals surface area contributed by atoms with Crippen LogP contribution in [0.5, 0.6) is 0 Å². The molecule has 1 aliphatic rings. The lowest BCUT2D eigenvalue weighted by molar-refractivity contribution is 0.0949. The first kappa shape index (κ1) is 15.1. The van der Waals surface area contributed by atoms with E-state index in [1.165, 1.54) is 5.56 Å². The molecule has 5 heteroatoms. The van der Waals surface area contributed by atoms with Crippen LogP contribution in [0, 0.1) is 0 Å². The first-order valence-corrected chi connectivity index (χ1v) is 8.68. The van der Waals surface area contributed by atoms with Crippen molar-refractivity contribution in [2.75, 3.05) is 0 Å². The third-order valence-electron chi connectivity index (χ3n) is 4.29. The first-order chi connectivity index (χ1) is 11.7. The fourth-order valence-corrected chi connectivity index (χ4v) is 3.48. The Hall–Kier alpha value is -2.40. The van der Waals surface area contributed by atoms with Crippen LogP contribution in [0.25, 0.3) is 5.69 Å². The number of nitrogens with zero attached hydrogens (tertiary/aromatic N) is 2. The summed E-state index contributed by atoms with van der Waals surface area (Å²) in [6.45, 7) is 0. The van der Waals surface area contributed by atoms with Crippen LogP contribution >= 0.6 is 15.9 Å². The van der Waals surface area contributed by atoms with E-state index in [0.29, 0.717) is 16.1 Å². The third-order valence-corrected chi connectivity index (χ3v) is 5.05. The summed E-state index contributed by atoms with van der Waals surface area (Å²) >= 11 is 3.50.